The first kappa shape index (κ1) is 21.1. The van der Waals surface area contributed by atoms with Crippen LogP contribution in [0.25, 0.3) is 0 Å². The summed E-state index contributed by atoms with van der Waals surface area (Å²) in [7, 11) is -1.73. The normalized spacial score (nSPS) is 46.4. The second kappa shape index (κ2) is 6.69. The van der Waals surface area contributed by atoms with E-state index in [4.69, 9.17) is 4.43 Å². The van der Waals surface area contributed by atoms with E-state index in [0.717, 1.165) is 30.6 Å². The Morgan fingerprint density at radius 3 is 2.43 bits per heavy atom. The van der Waals surface area contributed by atoms with E-state index in [2.05, 4.69) is 53.8 Å². The van der Waals surface area contributed by atoms with E-state index in [1.54, 1.807) is 5.57 Å². The highest BCUT2D eigenvalue weighted by Gasteiger charge is 2.60. The summed E-state index contributed by atoms with van der Waals surface area (Å²) in [5, 5.41) is 10.5. The SMILES string of the molecule is CC(C)(C)[Si](C)(C)O[C@H]1CC[C@H]2[C@@H]3CC=C4C[C@@H](O)CC[C@]4(C)[C@H]3CC[C@]12C. The second-order valence-corrected chi connectivity index (χ2v) is 17.4. The molecule has 0 unspecified atom stereocenters. The Hall–Kier alpha value is -0.123. The number of hydrogen-bond donors (Lipinski definition) is 1. The highest BCUT2D eigenvalue weighted by atomic mass is 28.4. The van der Waals surface area contributed by atoms with Gasteiger partial charge < -0.3 is 9.53 Å². The van der Waals surface area contributed by atoms with Crippen LogP contribution in [0.15, 0.2) is 11.6 Å². The van der Waals surface area contributed by atoms with Crippen LogP contribution in [0.4, 0.5) is 0 Å². The number of aliphatic hydroxyl groups excluding tert-OH is 1. The molecule has 0 aliphatic heterocycles. The van der Waals surface area contributed by atoms with E-state index in [9.17, 15) is 5.11 Å². The van der Waals surface area contributed by atoms with Crippen LogP contribution in [-0.4, -0.2) is 25.6 Å². The summed E-state index contributed by atoms with van der Waals surface area (Å²) in [5.74, 6) is 2.47. The summed E-state index contributed by atoms with van der Waals surface area (Å²) in [5.41, 5.74) is 2.30. The van der Waals surface area contributed by atoms with Crippen LogP contribution in [0.3, 0.4) is 0 Å². The second-order valence-electron chi connectivity index (χ2n) is 12.6. The lowest BCUT2D eigenvalue weighted by Crippen LogP contribution is -2.53. The average molecular weight is 405 g/mol. The van der Waals surface area contributed by atoms with Crippen LogP contribution < -0.4 is 0 Å². The van der Waals surface area contributed by atoms with Crippen LogP contribution in [0.5, 0.6) is 0 Å². The third-order valence-corrected chi connectivity index (χ3v) is 14.7. The largest absolute Gasteiger partial charge is 0.413 e. The molecule has 0 aromatic rings. The molecule has 1 N–H and O–H groups in total. The van der Waals surface area contributed by atoms with E-state index in [1.807, 2.05) is 0 Å². The van der Waals surface area contributed by atoms with E-state index < -0.39 is 8.32 Å². The molecule has 0 aromatic carbocycles. The third-order valence-electron chi connectivity index (χ3n) is 10.2. The van der Waals surface area contributed by atoms with Crippen LogP contribution >= 0.6 is 0 Å². The summed E-state index contributed by atoms with van der Waals surface area (Å²) in [6.45, 7) is 17.1. The number of aliphatic hydroxyl groups is 1. The van der Waals surface area contributed by atoms with Gasteiger partial charge in [0.2, 0.25) is 0 Å². The Kier molecular flexibility index (Phi) is 5.04. The molecule has 3 saturated carbocycles. The van der Waals surface area contributed by atoms with Crippen molar-refractivity contribution in [2.24, 2.45) is 28.6 Å². The van der Waals surface area contributed by atoms with Gasteiger partial charge >= 0.3 is 0 Å². The third kappa shape index (κ3) is 3.10. The fourth-order valence-corrected chi connectivity index (χ4v) is 8.77. The molecule has 4 rings (SSSR count). The highest BCUT2D eigenvalue weighted by Crippen LogP contribution is 2.65. The van der Waals surface area contributed by atoms with Gasteiger partial charge in [-0.05, 0) is 98.1 Å². The predicted octanol–water partition coefficient (Wildman–Crippen LogP) is 6.70. The van der Waals surface area contributed by atoms with Gasteiger partial charge in [0.05, 0.1) is 12.2 Å². The molecule has 0 spiro atoms. The lowest BCUT2D eigenvalue weighted by Gasteiger charge is -2.58. The Balaban J connectivity index is 1.57. The van der Waals surface area contributed by atoms with Crippen LogP contribution in [0.2, 0.25) is 18.1 Å². The zero-order chi connectivity index (χ0) is 20.5. The number of rotatable bonds is 2. The zero-order valence-electron chi connectivity index (χ0n) is 19.5. The van der Waals surface area contributed by atoms with E-state index in [1.165, 1.54) is 38.5 Å². The summed E-state index contributed by atoms with van der Waals surface area (Å²) in [6.07, 6.45) is 12.6. The number of allylic oxidation sites excluding steroid dienone is 1. The van der Waals surface area contributed by atoms with Gasteiger partial charge in [0.25, 0.3) is 0 Å². The van der Waals surface area contributed by atoms with E-state index >= 15 is 0 Å². The van der Waals surface area contributed by atoms with Gasteiger partial charge in [0.15, 0.2) is 8.32 Å². The van der Waals surface area contributed by atoms with Crippen molar-refractivity contribution in [2.45, 2.75) is 116 Å². The van der Waals surface area contributed by atoms with Gasteiger partial charge in [-0.3, -0.25) is 0 Å². The van der Waals surface area contributed by atoms with Crippen molar-refractivity contribution in [1.82, 2.24) is 0 Å². The van der Waals surface area contributed by atoms with Gasteiger partial charge in [0.1, 0.15) is 0 Å². The Bertz CT molecular complexity index is 647. The fraction of sp³-hybridized carbons (Fsp3) is 0.920. The van der Waals surface area contributed by atoms with Crippen molar-refractivity contribution in [3.05, 3.63) is 11.6 Å². The molecule has 2 nitrogen and oxygen atoms in total. The van der Waals surface area contributed by atoms with Crippen LogP contribution in [0.1, 0.15) is 86.0 Å². The molecule has 0 saturated heterocycles. The first-order valence-electron chi connectivity index (χ1n) is 11.9. The fourth-order valence-electron chi connectivity index (χ4n) is 7.32. The number of fused-ring (bicyclic) bond motifs is 5. The minimum Gasteiger partial charge on any atom is -0.413 e. The number of hydrogen-bond acceptors (Lipinski definition) is 2. The van der Waals surface area contributed by atoms with Crippen molar-refractivity contribution in [2.75, 3.05) is 0 Å². The van der Waals surface area contributed by atoms with Crippen LogP contribution in [0, 0.1) is 28.6 Å². The molecule has 160 valence electrons. The van der Waals surface area contributed by atoms with E-state index in [-0.39, 0.29) is 11.1 Å². The molecule has 0 amide bonds. The van der Waals surface area contributed by atoms with Crippen molar-refractivity contribution in [3.63, 3.8) is 0 Å². The first-order valence-corrected chi connectivity index (χ1v) is 14.8. The first-order chi connectivity index (χ1) is 12.9. The van der Waals surface area contributed by atoms with Crippen molar-refractivity contribution in [3.8, 4) is 0 Å². The maximum absolute atomic E-state index is 10.2. The molecule has 28 heavy (non-hydrogen) atoms. The minimum absolute atomic E-state index is 0.0985. The molecule has 0 bridgehead atoms. The van der Waals surface area contributed by atoms with Gasteiger partial charge in [-0.1, -0.05) is 46.3 Å². The Labute approximate surface area is 174 Å². The van der Waals surface area contributed by atoms with Gasteiger partial charge in [-0.25, -0.2) is 0 Å². The predicted molar refractivity (Wildman–Crippen MR) is 120 cm³/mol. The van der Waals surface area contributed by atoms with Gasteiger partial charge in [0, 0.05) is 0 Å². The van der Waals surface area contributed by atoms with Crippen LogP contribution in [-0.2, 0) is 4.43 Å². The maximum Gasteiger partial charge on any atom is 0.192 e. The molecule has 0 radical (unpaired) electrons. The smallest absolute Gasteiger partial charge is 0.192 e. The molecular weight excluding hydrogens is 360 g/mol. The topological polar surface area (TPSA) is 29.5 Å². The lowest BCUT2D eigenvalue weighted by atomic mass is 9.48. The van der Waals surface area contributed by atoms with Crippen molar-refractivity contribution in [1.29, 1.82) is 0 Å². The highest BCUT2D eigenvalue weighted by molar-refractivity contribution is 6.74. The molecular formula is C25H44O2Si. The summed E-state index contributed by atoms with van der Waals surface area (Å²) in [6, 6.07) is 0. The molecule has 4 aliphatic carbocycles. The molecule has 3 heteroatoms. The van der Waals surface area contributed by atoms with Crippen molar-refractivity contribution < 1.29 is 9.53 Å². The molecule has 0 aromatic heterocycles. The minimum atomic E-state index is -1.73. The summed E-state index contributed by atoms with van der Waals surface area (Å²) in [4.78, 5) is 0. The van der Waals surface area contributed by atoms with Crippen molar-refractivity contribution >= 4 is 8.32 Å². The molecule has 0 heterocycles. The molecule has 4 aliphatic rings. The lowest BCUT2D eigenvalue weighted by molar-refractivity contribution is -0.0677. The summed E-state index contributed by atoms with van der Waals surface area (Å²) >= 11 is 0. The van der Waals surface area contributed by atoms with E-state index in [0.29, 0.717) is 16.9 Å². The standard InChI is InChI=1S/C25H44O2Si/c1-23(2,3)28(6,7)27-22-11-10-20-19-9-8-17-16-18(26)12-14-24(17,4)21(19)13-15-25(20,22)5/h8,18-22,26H,9-16H2,1-7H3/t18-,19-,20-,21-,22-,24-,25-/m0/s1. The van der Waals surface area contributed by atoms with Gasteiger partial charge in [-0.2, -0.15) is 0 Å². The molecule has 7 atom stereocenters. The average Bonchev–Trinajstić information content (AvgIpc) is 2.91. The molecule has 3 fully saturated rings. The Morgan fingerprint density at radius 2 is 1.75 bits per heavy atom. The van der Waals surface area contributed by atoms with Gasteiger partial charge in [-0.15, -0.1) is 0 Å². The maximum atomic E-state index is 10.2. The summed E-state index contributed by atoms with van der Waals surface area (Å²) < 4.78 is 7.05. The monoisotopic (exact) mass is 404 g/mol. The zero-order valence-corrected chi connectivity index (χ0v) is 20.5. The quantitative estimate of drug-likeness (QED) is 0.410. The Morgan fingerprint density at radius 1 is 1.04 bits per heavy atom.